The molecule has 0 fully saturated rings. The molecule has 0 N–H and O–H groups in total. The van der Waals surface area contributed by atoms with Gasteiger partial charge in [0.05, 0.1) is 13.7 Å². The molecule has 0 spiro atoms. The Balaban J connectivity index is 2.54. The maximum atomic E-state index is 5.69. The molecule has 2 nitrogen and oxygen atoms in total. The van der Waals surface area contributed by atoms with E-state index in [1.807, 2.05) is 25.1 Å². The molecule has 1 aromatic carbocycles. The zero-order chi connectivity index (χ0) is 11.3. The van der Waals surface area contributed by atoms with E-state index in [0.29, 0.717) is 5.92 Å². The fourth-order valence-electron chi connectivity index (χ4n) is 1.32. The molecule has 0 aliphatic heterocycles. The lowest BCUT2D eigenvalue weighted by Crippen LogP contribution is -2.02. The van der Waals surface area contributed by atoms with E-state index in [1.54, 1.807) is 7.11 Å². The van der Waals surface area contributed by atoms with E-state index in [2.05, 4.69) is 13.8 Å². The number of methoxy groups -OCH3 is 1. The molecule has 1 rings (SSSR count). The van der Waals surface area contributed by atoms with Gasteiger partial charge in [0.15, 0.2) is 0 Å². The van der Waals surface area contributed by atoms with E-state index in [9.17, 15) is 0 Å². The molecule has 0 saturated heterocycles. The normalized spacial score (nSPS) is 10.5. The number of aryl methyl sites for hydroxylation is 1. The van der Waals surface area contributed by atoms with Crippen LogP contribution in [-0.2, 0) is 0 Å². The lowest BCUT2D eigenvalue weighted by atomic mass is 10.1. The van der Waals surface area contributed by atoms with Crippen LogP contribution in [0.25, 0.3) is 0 Å². The van der Waals surface area contributed by atoms with Crippen LogP contribution < -0.4 is 9.47 Å². The first-order valence-corrected chi connectivity index (χ1v) is 5.41. The van der Waals surface area contributed by atoms with Crippen molar-refractivity contribution >= 4 is 0 Å². The zero-order valence-electron chi connectivity index (χ0n) is 10.0. The van der Waals surface area contributed by atoms with Crippen molar-refractivity contribution in [1.82, 2.24) is 0 Å². The van der Waals surface area contributed by atoms with E-state index < -0.39 is 0 Å². The summed E-state index contributed by atoms with van der Waals surface area (Å²) in [5.74, 6) is 2.52. The Kier molecular flexibility index (Phi) is 4.47. The van der Waals surface area contributed by atoms with Crippen LogP contribution in [-0.4, -0.2) is 13.7 Å². The Bertz CT molecular complexity index is 305. The minimum atomic E-state index is 0.684. The summed E-state index contributed by atoms with van der Waals surface area (Å²) in [7, 11) is 1.67. The summed E-state index contributed by atoms with van der Waals surface area (Å²) in [6.07, 6.45) is 1.09. The van der Waals surface area contributed by atoms with Crippen LogP contribution in [0.1, 0.15) is 25.8 Å². The van der Waals surface area contributed by atoms with Gasteiger partial charge in [0.1, 0.15) is 11.5 Å². The van der Waals surface area contributed by atoms with Crippen molar-refractivity contribution in [2.24, 2.45) is 5.92 Å². The monoisotopic (exact) mass is 208 g/mol. The molecule has 0 amide bonds. The standard InChI is InChI=1S/C13H20O2/c1-10(2)7-8-15-13-6-5-12(14-4)9-11(13)3/h5-6,9-10H,7-8H2,1-4H3. The van der Waals surface area contributed by atoms with Crippen LogP contribution in [0.5, 0.6) is 11.5 Å². The van der Waals surface area contributed by atoms with Crippen LogP contribution in [0.4, 0.5) is 0 Å². The van der Waals surface area contributed by atoms with Gasteiger partial charge in [-0.25, -0.2) is 0 Å². The minimum absolute atomic E-state index is 0.684. The molecular weight excluding hydrogens is 188 g/mol. The van der Waals surface area contributed by atoms with Crippen LogP contribution in [0.2, 0.25) is 0 Å². The summed E-state index contributed by atoms with van der Waals surface area (Å²) in [5, 5.41) is 0. The fraction of sp³-hybridized carbons (Fsp3) is 0.538. The van der Waals surface area contributed by atoms with Gasteiger partial charge in [-0.3, -0.25) is 0 Å². The van der Waals surface area contributed by atoms with Gasteiger partial charge < -0.3 is 9.47 Å². The highest BCUT2D eigenvalue weighted by Gasteiger charge is 2.01. The molecule has 0 aliphatic carbocycles. The topological polar surface area (TPSA) is 18.5 Å². The second kappa shape index (κ2) is 5.64. The Morgan fingerprint density at radius 2 is 2.00 bits per heavy atom. The quantitative estimate of drug-likeness (QED) is 0.738. The van der Waals surface area contributed by atoms with Gasteiger partial charge in [-0.2, -0.15) is 0 Å². The van der Waals surface area contributed by atoms with Gasteiger partial charge >= 0.3 is 0 Å². The van der Waals surface area contributed by atoms with Gasteiger partial charge in [0.2, 0.25) is 0 Å². The lowest BCUT2D eigenvalue weighted by molar-refractivity contribution is 0.287. The van der Waals surface area contributed by atoms with Gasteiger partial charge in [-0.15, -0.1) is 0 Å². The smallest absolute Gasteiger partial charge is 0.122 e. The summed E-state index contributed by atoms with van der Waals surface area (Å²) < 4.78 is 10.8. The van der Waals surface area contributed by atoms with Crippen LogP contribution in [0.3, 0.4) is 0 Å². The number of hydrogen-bond donors (Lipinski definition) is 0. The Morgan fingerprint density at radius 3 is 2.53 bits per heavy atom. The first kappa shape index (κ1) is 11.9. The van der Waals surface area contributed by atoms with Crippen molar-refractivity contribution in [3.8, 4) is 11.5 Å². The maximum absolute atomic E-state index is 5.69. The number of ether oxygens (including phenoxy) is 2. The second-order valence-electron chi connectivity index (χ2n) is 4.16. The number of benzene rings is 1. The van der Waals surface area contributed by atoms with E-state index >= 15 is 0 Å². The molecule has 0 atom stereocenters. The average Bonchev–Trinajstić information content (AvgIpc) is 2.20. The summed E-state index contributed by atoms with van der Waals surface area (Å²) >= 11 is 0. The first-order chi connectivity index (χ1) is 7.13. The molecule has 2 heteroatoms. The molecule has 0 aromatic heterocycles. The Labute approximate surface area is 92.2 Å². The van der Waals surface area contributed by atoms with Crippen molar-refractivity contribution in [3.63, 3.8) is 0 Å². The highest BCUT2D eigenvalue weighted by Crippen LogP contribution is 2.23. The van der Waals surface area contributed by atoms with E-state index in [4.69, 9.17) is 9.47 Å². The highest BCUT2D eigenvalue weighted by atomic mass is 16.5. The van der Waals surface area contributed by atoms with Crippen molar-refractivity contribution in [2.45, 2.75) is 27.2 Å². The van der Waals surface area contributed by atoms with Crippen LogP contribution in [0.15, 0.2) is 18.2 Å². The third-order valence-corrected chi connectivity index (χ3v) is 2.33. The van der Waals surface area contributed by atoms with Crippen LogP contribution in [0, 0.1) is 12.8 Å². The average molecular weight is 208 g/mol. The minimum Gasteiger partial charge on any atom is -0.497 e. The van der Waals surface area contributed by atoms with E-state index in [1.165, 1.54) is 0 Å². The Morgan fingerprint density at radius 1 is 1.27 bits per heavy atom. The van der Waals surface area contributed by atoms with Gasteiger partial charge in [0.25, 0.3) is 0 Å². The predicted molar refractivity (Wildman–Crippen MR) is 62.7 cm³/mol. The lowest BCUT2D eigenvalue weighted by Gasteiger charge is -2.11. The highest BCUT2D eigenvalue weighted by molar-refractivity contribution is 5.39. The summed E-state index contributed by atoms with van der Waals surface area (Å²) in [5.41, 5.74) is 1.12. The van der Waals surface area contributed by atoms with Crippen LogP contribution >= 0.6 is 0 Å². The molecule has 0 heterocycles. The van der Waals surface area contributed by atoms with E-state index in [0.717, 1.165) is 30.1 Å². The molecule has 0 radical (unpaired) electrons. The largest absolute Gasteiger partial charge is 0.497 e. The molecular formula is C13H20O2. The van der Waals surface area contributed by atoms with Gasteiger partial charge in [0, 0.05) is 0 Å². The van der Waals surface area contributed by atoms with Crippen molar-refractivity contribution < 1.29 is 9.47 Å². The summed E-state index contributed by atoms with van der Waals surface area (Å²) in [6, 6.07) is 5.89. The third kappa shape index (κ3) is 3.82. The first-order valence-electron chi connectivity index (χ1n) is 5.41. The van der Waals surface area contributed by atoms with Crippen molar-refractivity contribution in [1.29, 1.82) is 0 Å². The SMILES string of the molecule is COc1ccc(OCCC(C)C)c(C)c1. The molecule has 0 saturated carbocycles. The molecule has 1 aromatic rings. The van der Waals surface area contributed by atoms with E-state index in [-0.39, 0.29) is 0 Å². The fourth-order valence-corrected chi connectivity index (χ4v) is 1.32. The van der Waals surface area contributed by atoms with Gasteiger partial charge in [-0.05, 0) is 43.0 Å². The Hall–Kier alpha value is -1.18. The summed E-state index contributed by atoms with van der Waals surface area (Å²) in [6.45, 7) is 7.21. The molecule has 15 heavy (non-hydrogen) atoms. The van der Waals surface area contributed by atoms with Crippen molar-refractivity contribution in [3.05, 3.63) is 23.8 Å². The predicted octanol–water partition coefficient (Wildman–Crippen LogP) is 3.43. The zero-order valence-corrected chi connectivity index (χ0v) is 10.0. The molecule has 0 unspecified atom stereocenters. The maximum Gasteiger partial charge on any atom is 0.122 e. The number of rotatable bonds is 5. The molecule has 0 aliphatic rings. The number of hydrogen-bond acceptors (Lipinski definition) is 2. The molecule has 84 valence electrons. The molecule has 0 bridgehead atoms. The van der Waals surface area contributed by atoms with Crippen molar-refractivity contribution in [2.75, 3.05) is 13.7 Å². The third-order valence-electron chi connectivity index (χ3n) is 2.33. The van der Waals surface area contributed by atoms with Gasteiger partial charge in [-0.1, -0.05) is 13.8 Å². The summed E-state index contributed by atoms with van der Waals surface area (Å²) in [4.78, 5) is 0. The second-order valence-corrected chi connectivity index (χ2v) is 4.16.